The number of halogens is 6. The molecule has 1 unspecified atom stereocenters. The molecule has 0 aliphatic carbocycles. The molecule has 1 N–H and O–H groups in total. The molecule has 0 bridgehead atoms. The quantitative estimate of drug-likeness (QED) is 0.134. The van der Waals surface area contributed by atoms with Crippen molar-refractivity contribution < 1.29 is 36.2 Å². The highest BCUT2D eigenvalue weighted by atomic mass is 19.4. The van der Waals surface area contributed by atoms with E-state index < -0.39 is 23.7 Å². The average Bonchev–Trinajstić information content (AvgIpc) is 3.67. The van der Waals surface area contributed by atoms with E-state index in [-0.39, 0.29) is 16.7 Å². The number of nitrogens with zero attached hydrogens (tertiary/aromatic N) is 2. The summed E-state index contributed by atoms with van der Waals surface area (Å²) in [5.74, 6) is -1.81. The standard InChI is InChI=1S/C23H18F3NO.C17H12F3NO/c24-23(25,26)22(28,18-11-5-2-6-12-18)20-16-27(15-17-9-3-1-4-10-17)21-14-8-7-13-19(20)21;18-17(19,20)16(22)14-11-21(10-12-6-2-1-3-7-12)15-9-5-4-8-13(14)15/h1-14,16,28H,15H2;1-9,11H,10H2. The van der Waals surface area contributed by atoms with Gasteiger partial charge in [0, 0.05) is 52.9 Å². The van der Waals surface area contributed by atoms with E-state index in [1.807, 2.05) is 60.7 Å². The van der Waals surface area contributed by atoms with Crippen molar-refractivity contribution in [1.82, 2.24) is 9.13 Å². The highest BCUT2D eigenvalue weighted by molar-refractivity contribution is 6.10. The van der Waals surface area contributed by atoms with Crippen molar-refractivity contribution >= 4 is 27.6 Å². The first-order valence-electron chi connectivity index (χ1n) is 15.6. The summed E-state index contributed by atoms with van der Waals surface area (Å²) in [5.41, 5.74) is -0.615. The molecule has 0 saturated heterocycles. The Labute approximate surface area is 283 Å². The van der Waals surface area contributed by atoms with Crippen LogP contribution < -0.4 is 0 Å². The Balaban J connectivity index is 0.000000178. The molecule has 0 radical (unpaired) electrons. The topological polar surface area (TPSA) is 47.2 Å². The molecule has 2 aromatic heterocycles. The maximum Gasteiger partial charge on any atom is 0.454 e. The largest absolute Gasteiger partial charge is 0.454 e. The number of ketones is 1. The lowest BCUT2D eigenvalue weighted by Gasteiger charge is -2.31. The first-order chi connectivity index (χ1) is 23.9. The van der Waals surface area contributed by atoms with Gasteiger partial charge in [-0.1, -0.05) is 127 Å². The fourth-order valence-electron chi connectivity index (χ4n) is 6.09. The summed E-state index contributed by atoms with van der Waals surface area (Å²) in [6.45, 7) is 0.816. The predicted octanol–water partition coefficient (Wildman–Crippen LogP) is 9.92. The van der Waals surface area contributed by atoms with Gasteiger partial charge in [0.05, 0.1) is 5.56 Å². The fourth-order valence-corrected chi connectivity index (χ4v) is 6.09. The Hall–Kier alpha value is -5.61. The number of aliphatic hydroxyl groups is 1. The summed E-state index contributed by atoms with van der Waals surface area (Å²) in [6, 6.07) is 39.6. The zero-order chi connectivity index (χ0) is 35.5. The van der Waals surface area contributed by atoms with Crippen molar-refractivity contribution in [3.63, 3.8) is 0 Å². The molecule has 0 aliphatic rings. The zero-order valence-corrected chi connectivity index (χ0v) is 26.4. The van der Waals surface area contributed by atoms with Gasteiger partial charge < -0.3 is 14.2 Å². The number of benzene rings is 5. The lowest BCUT2D eigenvalue weighted by atomic mass is 9.85. The highest BCUT2D eigenvalue weighted by Gasteiger charge is 2.57. The van der Waals surface area contributed by atoms with Gasteiger partial charge in [-0.3, -0.25) is 4.79 Å². The van der Waals surface area contributed by atoms with Crippen LogP contribution in [0, 0.1) is 0 Å². The van der Waals surface area contributed by atoms with Gasteiger partial charge in [0.25, 0.3) is 5.78 Å². The normalized spacial score (nSPS) is 13.1. The smallest absolute Gasteiger partial charge is 0.372 e. The Morgan fingerprint density at radius 1 is 0.540 bits per heavy atom. The first kappa shape index (κ1) is 34.3. The highest BCUT2D eigenvalue weighted by Crippen LogP contribution is 2.47. The molecule has 7 rings (SSSR count). The number of fused-ring (bicyclic) bond motifs is 2. The Kier molecular flexibility index (Phi) is 9.40. The maximum atomic E-state index is 14.2. The molecule has 0 aliphatic heterocycles. The van der Waals surface area contributed by atoms with Crippen molar-refractivity contribution in [1.29, 1.82) is 0 Å². The van der Waals surface area contributed by atoms with Crippen LogP contribution in [0.15, 0.2) is 152 Å². The third kappa shape index (κ3) is 6.79. The number of carbonyl (C=O) groups is 1. The van der Waals surface area contributed by atoms with Gasteiger partial charge in [0.15, 0.2) is 0 Å². The van der Waals surface area contributed by atoms with Crippen molar-refractivity contribution in [3.8, 4) is 0 Å². The summed E-state index contributed by atoms with van der Waals surface area (Å²) in [4.78, 5) is 11.6. The molecule has 0 saturated carbocycles. The van der Waals surface area contributed by atoms with Crippen LogP contribution in [0.5, 0.6) is 0 Å². The van der Waals surface area contributed by atoms with Crippen molar-refractivity contribution in [2.24, 2.45) is 0 Å². The molecule has 254 valence electrons. The van der Waals surface area contributed by atoms with Gasteiger partial charge in [-0.15, -0.1) is 0 Å². The number of para-hydroxylation sites is 2. The fraction of sp³-hybridized carbons (Fsp3) is 0.125. The van der Waals surface area contributed by atoms with Crippen LogP contribution in [-0.2, 0) is 18.7 Å². The minimum absolute atomic E-state index is 0.169. The molecule has 4 nitrogen and oxygen atoms in total. The summed E-state index contributed by atoms with van der Waals surface area (Å²) in [7, 11) is 0. The van der Waals surface area contributed by atoms with Gasteiger partial charge in [0.2, 0.25) is 5.60 Å². The van der Waals surface area contributed by atoms with E-state index in [0.29, 0.717) is 34.9 Å². The van der Waals surface area contributed by atoms with Crippen LogP contribution in [0.3, 0.4) is 0 Å². The summed E-state index contributed by atoms with van der Waals surface area (Å²) in [5, 5.41) is 11.7. The number of rotatable bonds is 7. The third-order valence-corrected chi connectivity index (χ3v) is 8.46. The monoisotopic (exact) mass is 684 g/mol. The number of alkyl halides is 6. The van der Waals surface area contributed by atoms with E-state index in [1.165, 1.54) is 42.7 Å². The molecule has 10 heteroatoms. The van der Waals surface area contributed by atoms with Gasteiger partial charge in [-0.05, 0) is 28.8 Å². The molecule has 5 aromatic carbocycles. The minimum atomic E-state index is -4.88. The Morgan fingerprint density at radius 3 is 1.46 bits per heavy atom. The van der Waals surface area contributed by atoms with E-state index in [2.05, 4.69) is 0 Å². The van der Waals surface area contributed by atoms with Gasteiger partial charge in [-0.25, -0.2) is 0 Å². The molecular formula is C40H30F6N2O2. The van der Waals surface area contributed by atoms with Crippen LogP contribution in [0.4, 0.5) is 26.3 Å². The van der Waals surface area contributed by atoms with E-state index in [0.717, 1.165) is 11.1 Å². The van der Waals surface area contributed by atoms with Crippen LogP contribution >= 0.6 is 0 Å². The molecule has 0 amide bonds. The van der Waals surface area contributed by atoms with Crippen molar-refractivity contribution in [2.45, 2.75) is 31.0 Å². The molecule has 50 heavy (non-hydrogen) atoms. The van der Waals surface area contributed by atoms with E-state index in [9.17, 15) is 36.2 Å². The molecular weight excluding hydrogens is 654 g/mol. The maximum absolute atomic E-state index is 14.2. The molecule has 2 heterocycles. The lowest BCUT2D eigenvalue weighted by molar-refractivity contribution is -0.247. The third-order valence-electron chi connectivity index (χ3n) is 8.46. The average molecular weight is 685 g/mol. The number of carbonyl (C=O) groups excluding carboxylic acids is 1. The van der Waals surface area contributed by atoms with E-state index >= 15 is 0 Å². The first-order valence-corrected chi connectivity index (χ1v) is 15.6. The SMILES string of the molecule is O=C(c1cn(Cc2ccccc2)c2ccccc12)C(F)(F)F.OC(c1ccccc1)(c1cn(Cc2ccccc2)c2ccccc12)C(F)(F)F. The van der Waals surface area contributed by atoms with Gasteiger partial charge in [-0.2, -0.15) is 26.3 Å². The van der Waals surface area contributed by atoms with Crippen LogP contribution in [-0.4, -0.2) is 32.4 Å². The number of Topliss-reactive ketones (excluding diaryl/α,β-unsaturated/α-hetero) is 1. The van der Waals surface area contributed by atoms with Crippen molar-refractivity contribution in [3.05, 3.63) is 180 Å². The Bertz CT molecular complexity index is 2220. The van der Waals surface area contributed by atoms with E-state index in [4.69, 9.17) is 0 Å². The summed E-state index contributed by atoms with van der Waals surface area (Å²) < 4.78 is 84.2. The van der Waals surface area contributed by atoms with Gasteiger partial charge >= 0.3 is 12.4 Å². The van der Waals surface area contributed by atoms with E-state index in [1.54, 1.807) is 57.7 Å². The molecule has 7 aromatic rings. The second-order valence-electron chi connectivity index (χ2n) is 11.7. The molecule has 0 spiro atoms. The number of hydrogen-bond donors (Lipinski definition) is 1. The van der Waals surface area contributed by atoms with Gasteiger partial charge in [0.1, 0.15) is 0 Å². The second kappa shape index (κ2) is 13.7. The summed E-state index contributed by atoms with van der Waals surface area (Å²) >= 11 is 0. The zero-order valence-electron chi connectivity index (χ0n) is 26.4. The lowest BCUT2D eigenvalue weighted by Crippen LogP contribution is -2.43. The minimum Gasteiger partial charge on any atom is -0.372 e. The van der Waals surface area contributed by atoms with Crippen molar-refractivity contribution in [2.75, 3.05) is 0 Å². The molecule has 1 atom stereocenters. The van der Waals surface area contributed by atoms with Crippen LogP contribution in [0.2, 0.25) is 0 Å². The number of aromatic nitrogens is 2. The Morgan fingerprint density at radius 2 is 0.960 bits per heavy atom. The second-order valence-corrected chi connectivity index (χ2v) is 11.7. The molecule has 0 fully saturated rings. The number of hydrogen-bond acceptors (Lipinski definition) is 2. The van der Waals surface area contributed by atoms with Crippen LogP contribution in [0.1, 0.15) is 32.6 Å². The van der Waals surface area contributed by atoms with Crippen LogP contribution in [0.25, 0.3) is 21.8 Å². The summed E-state index contributed by atoms with van der Waals surface area (Å²) in [6.07, 6.45) is -7.05. The predicted molar refractivity (Wildman–Crippen MR) is 181 cm³/mol.